The molecule has 0 aliphatic heterocycles. The number of hydrogen-bond donors (Lipinski definition) is 2. The molecular formula is C27H25F2N3O4. The number of nitrogens with zero attached hydrogens (tertiary/aromatic N) is 2. The van der Waals surface area contributed by atoms with Crippen LogP contribution in [0, 0.1) is 6.92 Å². The molecule has 0 amide bonds. The van der Waals surface area contributed by atoms with E-state index in [2.05, 4.69) is 39.1 Å². The minimum absolute atomic E-state index is 0.152. The number of aliphatic carboxylic acids is 1. The Labute approximate surface area is 206 Å². The summed E-state index contributed by atoms with van der Waals surface area (Å²) in [5.41, 5.74) is 3.38. The molecule has 0 unspecified atom stereocenters. The molecule has 0 spiro atoms. The van der Waals surface area contributed by atoms with Crippen molar-refractivity contribution in [3.63, 3.8) is 0 Å². The Balaban J connectivity index is 1.52. The van der Waals surface area contributed by atoms with E-state index < -0.39 is 19.0 Å². The number of aryl methyl sites for hydroxylation is 1. The van der Waals surface area contributed by atoms with Gasteiger partial charge in [-0.15, -0.1) is 0 Å². The van der Waals surface area contributed by atoms with Gasteiger partial charge in [-0.2, -0.15) is 8.78 Å². The number of hydrogen-bond acceptors (Lipinski definition) is 6. The molecule has 0 saturated heterocycles. The van der Waals surface area contributed by atoms with Crippen LogP contribution in [-0.4, -0.2) is 41.3 Å². The fourth-order valence-electron chi connectivity index (χ4n) is 4.19. The number of carboxylic acid groups (broad SMARTS) is 1. The molecule has 7 nitrogen and oxygen atoms in total. The molecule has 0 radical (unpaired) electrons. The highest BCUT2D eigenvalue weighted by Crippen LogP contribution is 2.31. The summed E-state index contributed by atoms with van der Waals surface area (Å²) in [4.78, 5) is 19.5. The van der Waals surface area contributed by atoms with E-state index in [0.717, 1.165) is 22.3 Å². The molecule has 36 heavy (non-hydrogen) atoms. The number of anilines is 1. The van der Waals surface area contributed by atoms with Gasteiger partial charge < -0.3 is 19.9 Å². The lowest BCUT2D eigenvalue weighted by Crippen LogP contribution is -2.09. The molecule has 0 aliphatic carbocycles. The summed E-state index contributed by atoms with van der Waals surface area (Å²) >= 11 is 0. The van der Waals surface area contributed by atoms with Crippen LogP contribution in [0.5, 0.6) is 11.5 Å². The minimum atomic E-state index is -3.08. The molecule has 9 heteroatoms. The summed E-state index contributed by atoms with van der Waals surface area (Å²) in [5, 5.41) is 14.6. The number of alkyl halides is 2. The molecule has 4 aromatic rings. The van der Waals surface area contributed by atoms with Crippen molar-refractivity contribution in [2.24, 2.45) is 0 Å². The number of carboxylic acids is 1. The van der Waals surface area contributed by atoms with Gasteiger partial charge in [-0.1, -0.05) is 36.4 Å². The quantitative estimate of drug-likeness (QED) is 0.301. The Kier molecular flexibility index (Phi) is 7.58. The molecule has 0 aliphatic rings. The van der Waals surface area contributed by atoms with E-state index in [9.17, 15) is 13.6 Å². The van der Waals surface area contributed by atoms with Crippen LogP contribution >= 0.6 is 0 Å². The average molecular weight is 494 g/mol. The second-order valence-corrected chi connectivity index (χ2v) is 8.14. The Bertz CT molecular complexity index is 1400. The predicted octanol–water partition coefficient (Wildman–Crippen LogP) is 5.50. The highest BCUT2D eigenvalue weighted by Gasteiger charge is 2.15. The number of rotatable bonds is 10. The first-order chi connectivity index (χ1) is 17.4. The lowest BCUT2D eigenvalue weighted by molar-refractivity contribution is -0.136. The van der Waals surface area contributed by atoms with E-state index in [1.165, 1.54) is 23.8 Å². The van der Waals surface area contributed by atoms with E-state index in [4.69, 9.17) is 9.84 Å². The van der Waals surface area contributed by atoms with Crippen LogP contribution in [0.2, 0.25) is 0 Å². The Morgan fingerprint density at radius 2 is 1.89 bits per heavy atom. The SMILES string of the molecule is COc1cc2ccccc2c(C)c1CCNc1cc(-c2ccc(CC(=O)O)c(OC(F)F)c2)ncn1. The Morgan fingerprint density at radius 1 is 1.08 bits per heavy atom. The average Bonchev–Trinajstić information content (AvgIpc) is 2.86. The number of methoxy groups -OCH3 is 1. The van der Waals surface area contributed by atoms with Gasteiger partial charge in [0.15, 0.2) is 0 Å². The number of carbonyl (C=O) groups is 1. The highest BCUT2D eigenvalue weighted by atomic mass is 19.3. The van der Waals surface area contributed by atoms with Crippen LogP contribution in [0.4, 0.5) is 14.6 Å². The maximum Gasteiger partial charge on any atom is 0.387 e. The first-order valence-corrected chi connectivity index (χ1v) is 11.3. The zero-order valence-electron chi connectivity index (χ0n) is 19.8. The molecule has 4 rings (SSSR count). The lowest BCUT2D eigenvalue weighted by atomic mass is 9.97. The molecule has 3 aromatic carbocycles. The summed E-state index contributed by atoms with van der Waals surface area (Å²) in [6.07, 6.45) is 1.63. The molecule has 0 fully saturated rings. The topological polar surface area (TPSA) is 93.6 Å². The van der Waals surface area contributed by atoms with Gasteiger partial charge in [0.1, 0.15) is 23.6 Å². The van der Waals surface area contributed by atoms with Crippen molar-refractivity contribution in [2.75, 3.05) is 19.0 Å². The van der Waals surface area contributed by atoms with Crippen LogP contribution in [0.15, 0.2) is 60.9 Å². The van der Waals surface area contributed by atoms with Gasteiger partial charge in [-0.05, 0) is 47.4 Å². The van der Waals surface area contributed by atoms with Crippen LogP contribution in [0.25, 0.3) is 22.0 Å². The van der Waals surface area contributed by atoms with Crippen molar-refractivity contribution in [1.82, 2.24) is 9.97 Å². The monoisotopic (exact) mass is 493 g/mol. The van der Waals surface area contributed by atoms with Crippen LogP contribution in [0.3, 0.4) is 0 Å². The third kappa shape index (κ3) is 5.68. The van der Waals surface area contributed by atoms with E-state index >= 15 is 0 Å². The first kappa shape index (κ1) is 24.8. The fourth-order valence-corrected chi connectivity index (χ4v) is 4.19. The molecule has 2 N–H and O–H groups in total. The molecule has 1 aromatic heterocycles. The minimum Gasteiger partial charge on any atom is -0.496 e. The number of benzene rings is 3. The number of halogens is 2. The Morgan fingerprint density at radius 3 is 2.64 bits per heavy atom. The van der Waals surface area contributed by atoms with Gasteiger partial charge in [-0.3, -0.25) is 4.79 Å². The third-order valence-corrected chi connectivity index (χ3v) is 5.89. The van der Waals surface area contributed by atoms with Crippen molar-refractivity contribution in [3.05, 3.63) is 77.6 Å². The highest BCUT2D eigenvalue weighted by molar-refractivity contribution is 5.88. The lowest BCUT2D eigenvalue weighted by Gasteiger charge is -2.15. The number of aromatic nitrogens is 2. The van der Waals surface area contributed by atoms with E-state index in [-0.39, 0.29) is 11.3 Å². The second kappa shape index (κ2) is 11.0. The molecular weight excluding hydrogens is 468 g/mol. The predicted molar refractivity (Wildman–Crippen MR) is 133 cm³/mol. The smallest absolute Gasteiger partial charge is 0.387 e. The van der Waals surface area contributed by atoms with Gasteiger partial charge in [0.25, 0.3) is 0 Å². The van der Waals surface area contributed by atoms with E-state index in [0.29, 0.717) is 30.0 Å². The summed E-state index contributed by atoms with van der Waals surface area (Å²) in [5.74, 6) is 0.0401. The molecule has 0 atom stereocenters. The van der Waals surface area contributed by atoms with Crippen LogP contribution in [-0.2, 0) is 17.6 Å². The number of nitrogens with one attached hydrogen (secondary N) is 1. The fraction of sp³-hybridized carbons (Fsp3) is 0.222. The zero-order valence-corrected chi connectivity index (χ0v) is 19.8. The van der Waals surface area contributed by atoms with Crippen molar-refractivity contribution < 1.29 is 28.2 Å². The normalized spacial score (nSPS) is 11.0. The molecule has 0 saturated carbocycles. The number of fused-ring (bicyclic) bond motifs is 1. The van der Waals surface area contributed by atoms with Crippen molar-refractivity contribution >= 4 is 22.6 Å². The summed E-state index contributed by atoms with van der Waals surface area (Å²) in [6, 6.07) is 16.3. The van der Waals surface area contributed by atoms with Gasteiger partial charge in [0, 0.05) is 23.7 Å². The van der Waals surface area contributed by atoms with E-state index in [1.807, 2.05) is 18.2 Å². The zero-order chi connectivity index (χ0) is 25.7. The van der Waals surface area contributed by atoms with Crippen molar-refractivity contribution in [3.8, 4) is 22.8 Å². The second-order valence-electron chi connectivity index (χ2n) is 8.14. The van der Waals surface area contributed by atoms with Gasteiger partial charge in [-0.25, -0.2) is 9.97 Å². The number of ether oxygens (including phenoxy) is 2. The summed E-state index contributed by atoms with van der Waals surface area (Å²) < 4.78 is 35.9. The van der Waals surface area contributed by atoms with Gasteiger partial charge >= 0.3 is 12.6 Å². The van der Waals surface area contributed by atoms with Crippen LogP contribution in [0.1, 0.15) is 16.7 Å². The van der Waals surface area contributed by atoms with Gasteiger partial charge in [0.05, 0.1) is 19.2 Å². The van der Waals surface area contributed by atoms with Gasteiger partial charge in [0.2, 0.25) is 0 Å². The standard InChI is InChI=1S/C27H25F2N3O4/c1-16-20-6-4-3-5-17(20)11-24(35-2)21(16)9-10-30-25-14-22(31-15-32-25)18-7-8-19(13-26(33)34)23(12-18)36-27(28)29/h3-8,11-12,14-15,27H,9-10,13H2,1-2H3,(H,33,34)(H,30,31,32). The van der Waals surface area contributed by atoms with Crippen molar-refractivity contribution in [2.45, 2.75) is 26.4 Å². The van der Waals surface area contributed by atoms with Crippen molar-refractivity contribution in [1.29, 1.82) is 0 Å². The molecule has 186 valence electrons. The molecule has 0 bridgehead atoms. The maximum absolute atomic E-state index is 12.9. The van der Waals surface area contributed by atoms with Crippen LogP contribution < -0.4 is 14.8 Å². The summed E-state index contributed by atoms with van der Waals surface area (Å²) in [6.45, 7) is -0.426. The Hall–Kier alpha value is -4.27. The third-order valence-electron chi connectivity index (χ3n) is 5.89. The summed E-state index contributed by atoms with van der Waals surface area (Å²) in [7, 11) is 1.66. The van der Waals surface area contributed by atoms with E-state index in [1.54, 1.807) is 19.2 Å². The first-order valence-electron chi connectivity index (χ1n) is 11.3. The molecule has 1 heterocycles. The maximum atomic E-state index is 12.9. The largest absolute Gasteiger partial charge is 0.496 e.